The van der Waals surface area contributed by atoms with Crippen LogP contribution in [0.25, 0.3) is 0 Å². The van der Waals surface area contributed by atoms with Crippen LogP contribution in [0.1, 0.15) is 16.8 Å². The number of hydrogen-bond donors (Lipinski definition) is 1. The van der Waals surface area contributed by atoms with Crippen molar-refractivity contribution in [3.05, 3.63) is 59.9 Å². The highest BCUT2D eigenvalue weighted by atomic mass is 19.1. The van der Waals surface area contributed by atoms with Crippen molar-refractivity contribution in [1.29, 1.82) is 0 Å². The molecule has 0 spiro atoms. The topological polar surface area (TPSA) is 92.9 Å². The lowest BCUT2D eigenvalue weighted by Gasteiger charge is -2.22. The molecule has 0 aliphatic heterocycles. The second-order valence-corrected chi connectivity index (χ2v) is 6.26. The molecule has 0 radical (unpaired) electrons. The summed E-state index contributed by atoms with van der Waals surface area (Å²) in [5, 5.41) is 0. The maximum Gasteiger partial charge on any atom is 0.338 e. The summed E-state index contributed by atoms with van der Waals surface area (Å²) in [6.45, 7) is -0.528. The molecule has 7 nitrogen and oxygen atoms in total. The number of nitrogens with zero attached hydrogens (tertiary/aromatic N) is 2. The Hall–Kier alpha value is -3.42. The van der Waals surface area contributed by atoms with Crippen LogP contribution in [-0.2, 0) is 14.3 Å². The van der Waals surface area contributed by atoms with Crippen molar-refractivity contribution in [3.63, 3.8) is 0 Å². The van der Waals surface area contributed by atoms with Gasteiger partial charge in [-0.1, -0.05) is 0 Å². The van der Waals surface area contributed by atoms with Crippen molar-refractivity contribution in [1.82, 2.24) is 0 Å². The first-order chi connectivity index (χ1) is 13.3. The van der Waals surface area contributed by atoms with Crippen LogP contribution in [0.4, 0.5) is 15.8 Å². The van der Waals surface area contributed by atoms with Gasteiger partial charge in [0, 0.05) is 38.4 Å². The van der Waals surface area contributed by atoms with Gasteiger partial charge in [-0.3, -0.25) is 9.59 Å². The van der Waals surface area contributed by atoms with Gasteiger partial charge >= 0.3 is 5.97 Å². The summed E-state index contributed by atoms with van der Waals surface area (Å²) in [5.41, 5.74) is 6.75. The highest BCUT2D eigenvalue weighted by Gasteiger charge is 2.19. The smallest absolute Gasteiger partial charge is 0.338 e. The average Bonchev–Trinajstić information content (AvgIpc) is 2.67. The van der Waals surface area contributed by atoms with E-state index in [0.717, 1.165) is 5.69 Å². The molecular weight excluding hydrogens is 365 g/mol. The standard InChI is InChI=1S/C20H22FN3O4/c1-23(2)16-7-3-14(4-8-16)20(27)28-13-19(26)24(12-11-18(22)25)17-9-5-15(21)6-10-17/h3-10H,11-13H2,1-2H3,(H2,22,25). The predicted molar refractivity (Wildman–Crippen MR) is 104 cm³/mol. The van der Waals surface area contributed by atoms with Crippen LogP contribution in [0.15, 0.2) is 48.5 Å². The minimum Gasteiger partial charge on any atom is -0.452 e. The average molecular weight is 387 g/mol. The molecule has 0 atom stereocenters. The molecule has 2 rings (SSSR count). The Bertz CT molecular complexity index is 836. The van der Waals surface area contributed by atoms with E-state index >= 15 is 0 Å². The number of amides is 2. The number of rotatable bonds is 8. The zero-order valence-electron chi connectivity index (χ0n) is 15.7. The Morgan fingerprint density at radius 2 is 1.54 bits per heavy atom. The molecule has 0 unspecified atom stereocenters. The Kier molecular flexibility index (Phi) is 7.08. The Labute approximate surface area is 162 Å². The van der Waals surface area contributed by atoms with E-state index < -0.39 is 30.2 Å². The predicted octanol–water partition coefficient (Wildman–Crippen LogP) is 1.96. The third kappa shape index (κ3) is 5.80. The van der Waals surface area contributed by atoms with E-state index in [2.05, 4.69) is 0 Å². The second-order valence-electron chi connectivity index (χ2n) is 6.26. The van der Waals surface area contributed by atoms with Gasteiger partial charge in [0.25, 0.3) is 5.91 Å². The zero-order valence-corrected chi connectivity index (χ0v) is 15.7. The van der Waals surface area contributed by atoms with Gasteiger partial charge in [0.05, 0.1) is 5.56 Å². The summed E-state index contributed by atoms with van der Waals surface area (Å²) >= 11 is 0. The number of esters is 1. The number of nitrogens with two attached hydrogens (primary N) is 1. The van der Waals surface area contributed by atoms with Gasteiger partial charge in [0.1, 0.15) is 5.82 Å². The fraction of sp³-hybridized carbons (Fsp3) is 0.250. The number of carbonyl (C=O) groups is 3. The lowest BCUT2D eigenvalue weighted by Crippen LogP contribution is -2.37. The third-order valence-electron chi connectivity index (χ3n) is 3.97. The van der Waals surface area contributed by atoms with Crippen LogP contribution < -0.4 is 15.5 Å². The van der Waals surface area contributed by atoms with E-state index in [1.54, 1.807) is 24.3 Å². The van der Waals surface area contributed by atoms with Gasteiger partial charge in [-0.25, -0.2) is 9.18 Å². The van der Waals surface area contributed by atoms with Crippen molar-refractivity contribution < 1.29 is 23.5 Å². The monoisotopic (exact) mass is 387 g/mol. The van der Waals surface area contributed by atoms with Crippen LogP contribution in [0.5, 0.6) is 0 Å². The third-order valence-corrected chi connectivity index (χ3v) is 3.97. The SMILES string of the molecule is CN(C)c1ccc(C(=O)OCC(=O)N(CCC(N)=O)c2ccc(F)cc2)cc1. The van der Waals surface area contributed by atoms with Gasteiger partial charge in [-0.15, -0.1) is 0 Å². The van der Waals surface area contributed by atoms with Crippen molar-refractivity contribution >= 4 is 29.2 Å². The molecule has 28 heavy (non-hydrogen) atoms. The van der Waals surface area contributed by atoms with Gasteiger partial charge in [0.15, 0.2) is 6.61 Å². The lowest BCUT2D eigenvalue weighted by molar-refractivity contribution is -0.121. The number of carbonyl (C=O) groups excluding carboxylic acids is 3. The number of anilines is 2. The molecule has 0 heterocycles. The molecule has 0 fully saturated rings. The molecular formula is C20H22FN3O4. The molecule has 0 bridgehead atoms. The van der Waals surface area contributed by atoms with E-state index in [-0.39, 0.29) is 13.0 Å². The maximum atomic E-state index is 13.1. The maximum absolute atomic E-state index is 13.1. The molecule has 0 aliphatic rings. The lowest BCUT2D eigenvalue weighted by atomic mass is 10.2. The molecule has 148 valence electrons. The largest absolute Gasteiger partial charge is 0.452 e. The Morgan fingerprint density at radius 1 is 0.964 bits per heavy atom. The number of primary amides is 1. The molecule has 0 aliphatic carbocycles. The van der Waals surface area contributed by atoms with Crippen LogP contribution in [-0.4, -0.2) is 45.0 Å². The normalized spacial score (nSPS) is 10.2. The van der Waals surface area contributed by atoms with Gasteiger partial charge in [0.2, 0.25) is 5.91 Å². The first-order valence-electron chi connectivity index (χ1n) is 8.56. The number of benzene rings is 2. The Morgan fingerprint density at radius 3 is 2.07 bits per heavy atom. The summed E-state index contributed by atoms with van der Waals surface area (Å²) in [5.74, 6) is -2.24. The first kappa shape index (κ1) is 20.9. The quantitative estimate of drug-likeness (QED) is 0.699. The first-order valence-corrected chi connectivity index (χ1v) is 8.56. The molecule has 2 amide bonds. The van der Waals surface area contributed by atoms with E-state index in [4.69, 9.17) is 10.5 Å². The summed E-state index contributed by atoms with van der Waals surface area (Å²) < 4.78 is 18.2. The molecule has 0 aromatic heterocycles. The summed E-state index contributed by atoms with van der Waals surface area (Å²) in [6.07, 6.45) is -0.0803. The van der Waals surface area contributed by atoms with Crippen LogP contribution >= 0.6 is 0 Å². The highest BCUT2D eigenvalue weighted by molar-refractivity contribution is 5.97. The molecule has 2 N–H and O–H groups in total. The van der Waals surface area contributed by atoms with E-state index in [9.17, 15) is 18.8 Å². The van der Waals surface area contributed by atoms with Gasteiger partial charge < -0.3 is 20.3 Å². The second kappa shape index (κ2) is 9.50. The van der Waals surface area contributed by atoms with E-state index in [1.165, 1.54) is 29.2 Å². The van der Waals surface area contributed by atoms with Crippen LogP contribution in [0.3, 0.4) is 0 Å². The van der Waals surface area contributed by atoms with E-state index in [1.807, 2.05) is 19.0 Å². The molecule has 0 saturated heterocycles. The van der Waals surface area contributed by atoms with Gasteiger partial charge in [-0.2, -0.15) is 0 Å². The van der Waals surface area contributed by atoms with Crippen LogP contribution in [0, 0.1) is 5.82 Å². The van der Waals surface area contributed by atoms with Crippen molar-refractivity contribution in [2.75, 3.05) is 37.0 Å². The van der Waals surface area contributed by atoms with Gasteiger partial charge in [-0.05, 0) is 48.5 Å². The number of halogens is 1. The summed E-state index contributed by atoms with van der Waals surface area (Å²) in [6, 6.07) is 11.9. The van der Waals surface area contributed by atoms with Crippen LogP contribution in [0.2, 0.25) is 0 Å². The fourth-order valence-electron chi connectivity index (χ4n) is 2.43. The fourth-order valence-corrected chi connectivity index (χ4v) is 2.43. The summed E-state index contributed by atoms with van der Waals surface area (Å²) in [4.78, 5) is 38.9. The summed E-state index contributed by atoms with van der Waals surface area (Å²) in [7, 11) is 3.75. The number of hydrogen-bond acceptors (Lipinski definition) is 5. The highest BCUT2D eigenvalue weighted by Crippen LogP contribution is 2.17. The minimum absolute atomic E-state index is 0.00508. The van der Waals surface area contributed by atoms with Crippen molar-refractivity contribution in [2.45, 2.75) is 6.42 Å². The molecule has 2 aromatic rings. The molecule has 8 heteroatoms. The zero-order chi connectivity index (χ0) is 20.7. The Balaban J connectivity index is 2.04. The molecule has 0 saturated carbocycles. The minimum atomic E-state index is -0.646. The van der Waals surface area contributed by atoms with Crippen molar-refractivity contribution in [2.24, 2.45) is 5.73 Å². The molecule has 2 aromatic carbocycles. The van der Waals surface area contributed by atoms with E-state index in [0.29, 0.717) is 11.3 Å². The van der Waals surface area contributed by atoms with Crippen molar-refractivity contribution in [3.8, 4) is 0 Å². The number of ether oxygens (including phenoxy) is 1.